The van der Waals surface area contributed by atoms with E-state index >= 15 is 0 Å². The highest BCUT2D eigenvalue weighted by Gasteiger charge is 2.24. The van der Waals surface area contributed by atoms with Crippen LogP contribution in [0.3, 0.4) is 0 Å². The van der Waals surface area contributed by atoms with Gasteiger partial charge in [0, 0.05) is 25.0 Å². The zero-order valence-electron chi connectivity index (χ0n) is 22.5. The summed E-state index contributed by atoms with van der Waals surface area (Å²) in [5.41, 5.74) is 1.70. The van der Waals surface area contributed by atoms with Gasteiger partial charge in [0.15, 0.2) is 0 Å². The predicted molar refractivity (Wildman–Crippen MR) is 145 cm³/mol. The number of ether oxygens (including phenoxy) is 2. The minimum atomic E-state index is -0.923. The normalized spacial score (nSPS) is 12.7. The maximum absolute atomic E-state index is 12.6. The second-order valence-electron chi connectivity index (χ2n) is 9.88. The van der Waals surface area contributed by atoms with Crippen molar-refractivity contribution in [3.63, 3.8) is 0 Å². The molecule has 38 heavy (non-hydrogen) atoms. The Kier molecular flexibility index (Phi) is 12.8. The van der Waals surface area contributed by atoms with E-state index in [0.717, 1.165) is 23.3 Å². The molecule has 2 N–H and O–H groups in total. The number of esters is 2. The summed E-state index contributed by atoms with van der Waals surface area (Å²) in [5.74, 6) is -2.08. The fourth-order valence-corrected chi connectivity index (χ4v) is 3.38. The lowest BCUT2D eigenvalue weighted by Crippen LogP contribution is -2.44. The van der Waals surface area contributed by atoms with Crippen LogP contribution in [0.25, 0.3) is 0 Å². The van der Waals surface area contributed by atoms with Crippen LogP contribution in [0.15, 0.2) is 72.8 Å². The van der Waals surface area contributed by atoms with E-state index in [-0.39, 0.29) is 37.9 Å². The molecular weight excluding hydrogens is 484 g/mol. The van der Waals surface area contributed by atoms with Gasteiger partial charge in [0.05, 0.1) is 13.2 Å². The van der Waals surface area contributed by atoms with E-state index < -0.39 is 35.8 Å². The molecule has 0 unspecified atom stereocenters. The van der Waals surface area contributed by atoms with Gasteiger partial charge in [-0.2, -0.15) is 0 Å². The smallest absolute Gasteiger partial charge is 0.329 e. The number of nitrogens with one attached hydrogen (secondary N) is 2. The third-order valence-electron chi connectivity index (χ3n) is 5.27. The Labute approximate surface area is 224 Å². The quantitative estimate of drug-likeness (QED) is 0.291. The molecule has 8 nitrogen and oxygen atoms in total. The summed E-state index contributed by atoms with van der Waals surface area (Å²) in [4.78, 5) is 50.5. The lowest BCUT2D eigenvalue weighted by Gasteiger charge is -2.18. The molecule has 0 heterocycles. The fourth-order valence-electron chi connectivity index (χ4n) is 3.38. The Hall–Kier alpha value is -3.94. The maximum atomic E-state index is 12.6. The van der Waals surface area contributed by atoms with Crippen LogP contribution >= 0.6 is 0 Å². The summed E-state index contributed by atoms with van der Waals surface area (Å²) in [6, 6.07) is 16.6. The molecule has 2 atom stereocenters. The molecule has 0 saturated carbocycles. The van der Waals surface area contributed by atoms with E-state index in [2.05, 4.69) is 10.6 Å². The van der Waals surface area contributed by atoms with Gasteiger partial charge < -0.3 is 20.1 Å². The molecule has 0 bridgehead atoms. The van der Waals surface area contributed by atoms with E-state index in [1.54, 1.807) is 0 Å². The van der Waals surface area contributed by atoms with E-state index in [1.165, 1.54) is 0 Å². The lowest BCUT2D eigenvalue weighted by molar-refractivity contribution is -0.149. The second kappa shape index (κ2) is 16.0. The minimum absolute atomic E-state index is 0.145. The van der Waals surface area contributed by atoms with E-state index in [0.29, 0.717) is 0 Å². The van der Waals surface area contributed by atoms with E-state index in [9.17, 15) is 19.2 Å². The molecule has 0 aliphatic rings. The first-order valence-corrected chi connectivity index (χ1v) is 12.8. The second-order valence-corrected chi connectivity index (χ2v) is 9.88. The van der Waals surface area contributed by atoms with Crippen molar-refractivity contribution in [3.05, 3.63) is 83.9 Å². The van der Waals surface area contributed by atoms with Crippen LogP contribution in [-0.2, 0) is 41.5 Å². The molecule has 0 aliphatic heterocycles. The number of amides is 2. The Morgan fingerprint density at radius 2 is 0.974 bits per heavy atom. The van der Waals surface area contributed by atoms with Gasteiger partial charge in [-0.1, -0.05) is 88.4 Å². The molecular formula is C30H38N2O6. The molecule has 2 aromatic carbocycles. The molecule has 0 aromatic heterocycles. The van der Waals surface area contributed by atoms with Crippen LogP contribution in [-0.4, -0.2) is 49.1 Å². The van der Waals surface area contributed by atoms with Crippen molar-refractivity contribution in [1.82, 2.24) is 10.6 Å². The van der Waals surface area contributed by atoms with Crippen molar-refractivity contribution < 1.29 is 28.7 Å². The summed E-state index contributed by atoms with van der Waals surface area (Å²) >= 11 is 0. The largest absolute Gasteiger partial charge is 0.464 e. The van der Waals surface area contributed by atoms with Crippen LogP contribution < -0.4 is 10.6 Å². The standard InChI is InChI=1S/C30H38N2O6/c1-21(2)19-37-29(35)25(17-23-11-7-5-8-12-23)31-27(33)15-16-28(34)32-26(30(36)38-20-22(3)4)18-24-13-9-6-10-14-24/h5-16,21-22,25-26H,17-20H2,1-4H3,(H,31,33)(H,32,34)/b16-15-/t25-,26-/m0/s1. The highest BCUT2D eigenvalue weighted by Crippen LogP contribution is 2.08. The summed E-state index contributed by atoms with van der Waals surface area (Å²) in [7, 11) is 0. The lowest BCUT2D eigenvalue weighted by atomic mass is 10.1. The van der Waals surface area contributed by atoms with E-state index in [1.807, 2.05) is 88.4 Å². The number of hydrogen-bond acceptors (Lipinski definition) is 6. The van der Waals surface area contributed by atoms with Crippen LogP contribution in [0.2, 0.25) is 0 Å². The molecule has 2 rings (SSSR count). The first kappa shape index (κ1) is 30.3. The molecule has 204 valence electrons. The maximum Gasteiger partial charge on any atom is 0.329 e. The average molecular weight is 523 g/mol. The topological polar surface area (TPSA) is 111 Å². The Morgan fingerprint density at radius 3 is 1.29 bits per heavy atom. The van der Waals surface area contributed by atoms with Crippen molar-refractivity contribution in [1.29, 1.82) is 0 Å². The number of carbonyl (C=O) groups is 4. The van der Waals surface area contributed by atoms with Crippen molar-refractivity contribution >= 4 is 23.8 Å². The molecule has 0 saturated heterocycles. The zero-order chi connectivity index (χ0) is 27.9. The number of rotatable bonds is 14. The van der Waals surface area contributed by atoms with Crippen molar-refractivity contribution in [3.8, 4) is 0 Å². The Morgan fingerprint density at radius 1 is 0.632 bits per heavy atom. The van der Waals surface area contributed by atoms with Gasteiger partial charge >= 0.3 is 11.9 Å². The Bertz CT molecular complexity index is 981. The van der Waals surface area contributed by atoms with E-state index in [4.69, 9.17) is 9.47 Å². The molecule has 0 aliphatic carbocycles. The third-order valence-corrected chi connectivity index (χ3v) is 5.27. The van der Waals surface area contributed by atoms with Crippen LogP contribution in [0.5, 0.6) is 0 Å². The molecule has 0 fully saturated rings. The van der Waals surface area contributed by atoms with Crippen molar-refractivity contribution in [2.75, 3.05) is 13.2 Å². The molecule has 0 radical (unpaired) electrons. The molecule has 2 amide bonds. The highest BCUT2D eigenvalue weighted by atomic mass is 16.5. The number of benzene rings is 2. The predicted octanol–water partition coefficient (Wildman–Crippen LogP) is 3.40. The number of carbonyl (C=O) groups excluding carboxylic acids is 4. The van der Waals surface area contributed by atoms with Crippen LogP contribution in [0.4, 0.5) is 0 Å². The van der Waals surface area contributed by atoms with Gasteiger partial charge in [-0.05, 0) is 23.0 Å². The van der Waals surface area contributed by atoms with Gasteiger partial charge in [0.2, 0.25) is 11.8 Å². The van der Waals surface area contributed by atoms with Gasteiger partial charge in [-0.25, -0.2) is 9.59 Å². The molecule has 0 spiro atoms. The SMILES string of the molecule is CC(C)COC(=O)[C@H](Cc1ccccc1)NC(=O)/C=C\C(=O)N[C@@H](Cc1ccccc1)C(=O)OCC(C)C. The average Bonchev–Trinajstić information content (AvgIpc) is 2.89. The van der Waals surface area contributed by atoms with Gasteiger partial charge in [0.1, 0.15) is 12.1 Å². The van der Waals surface area contributed by atoms with Crippen LogP contribution in [0.1, 0.15) is 38.8 Å². The van der Waals surface area contributed by atoms with Gasteiger partial charge in [-0.3, -0.25) is 9.59 Å². The van der Waals surface area contributed by atoms with Crippen molar-refractivity contribution in [2.45, 2.75) is 52.6 Å². The first-order valence-electron chi connectivity index (χ1n) is 12.8. The number of hydrogen-bond donors (Lipinski definition) is 2. The highest BCUT2D eigenvalue weighted by molar-refractivity contribution is 5.99. The summed E-state index contributed by atoms with van der Waals surface area (Å²) in [5, 5.41) is 5.24. The zero-order valence-corrected chi connectivity index (χ0v) is 22.5. The first-order chi connectivity index (χ1) is 18.1. The molecule has 2 aromatic rings. The molecule has 8 heteroatoms. The minimum Gasteiger partial charge on any atom is -0.464 e. The van der Waals surface area contributed by atoms with Crippen molar-refractivity contribution in [2.24, 2.45) is 11.8 Å². The monoisotopic (exact) mass is 522 g/mol. The third kappa shape index (κ3) is 11.9. The summed E-state index contributed by atoms with van der Waals surface area (Å²) < 4.78 is 10.7. The van der Waals surface area contributed by atoms with Gasteiger partial charge in [-0.15, -0.1) is 0 Å². The van der Waals surface area contributed by atoms with Gasteiger partial charge in [0.25, 0.3) is 0 Å². The Balaban J connectivity index is 2.04. The summed E-state index contributed by atoms with van der Waals surface area (Å²) in [6.45, 7) is 8.14. The van der Waals surface area contributed by atoms with Crippen LogP contribution in [0, 0.1) is 11.8 Å². The fraction of sp³-hybridized carbons (Fsp3) is 0.400. The summed E-state index contributed by atoms with van der Waals surface area (Å²) in [6.07, 6.45) is 2.54.